The Morgan fingerprint density at radius 1 is 0.875 bits per heavy atom. The van der Waals surface area contributed by atoms with Gasteiger partial charge in [0.15, 0.2) is 18.1 Å². The van der Waals surface area contributed by atoms with E-state index in [0.29, 0.717) is 28.4 Å². The molecule has 164 valence electrons. The largest absolute Gasteiger partial charge is 0.497 e. The number of benzene rings is 3. The van der Waals surface area contributed by atoms with E-state index in [4.69, 9.17) is 18.9 Å². The van der Waals surface area contributed by atoms with Gasteiger partial charge in [-0.25, -0.2) is 10.2 Å². The lowest BCUT2D eigenvalue weighted by molar-refractivity contribution is -0.123. The Labute approximate surface area is 185 Å². The number of rotatable bonds is 9. The average Bonchev–Trinajstić information content (AvgIpc) is 2.84. The molecule has 1 amide bonds. The monoisotopic (exact) mass is 434 g/mol. The molecule has 0 atom stereocenters. The van der Waals surface area contributed by atoms with Crippen LogP contribution in [0.3, 0.4) is 0 Å². The number of carbonyl (C=O) groups is 2. The summed E-state index contributed by atoms with van der Waals surface area (Å²) in [7, 11) is 3.04. The number of carbonyl (C=O) groups excluding carboxylic acids is 2. The highest BCUT2D eigenvalue weighted by Crippen LogP contribution is 2.28. The average molecular weight is 434 g/mol. The summed E-state index contributed by atoms with van der Waals surface area (Å²) in [5, 5.41) is 3.91. The lowest BCUT2D eigenvalue weighted by Gasteiger charge is -2.10. The third-order valence-electron chi connectivity index (χ3n) is 4.23. The van der Waals surface area contributed by atoms with Gasteiger partial charge in [-0.2, -0.15) is 5.10 Å². The first-order valence-electron chi connectivity index (χ1n) is 9.63. The van der Waals surface area contributed by atoms with Crippen molar-refractivity contribution in [3.8, 4) is 23.0 Å². The maximum absolute atomic E-state index is 12.2. The lowest BCUT2D eigenvalue weighted by atomic mass is 10.2. The minimum absolute atomic E-state index is 0.193. The Kier molecular flexibility index (Phi) is 7.80. The van der Waals surface area contributed by atoms with Gasteiger partial charge in [0.25, 0.3) is 5.91 Å². The Hall–Kier alpha value is -4.33. The van der Waals surface area contributed by atoms with Crippen LogP contribution in [0.15, 0.2) is 77.9 Å². The number of amides is 1. The predicted octanol–water partition coefficient (Wildman–Crippen LogP) is 3.45. The molecule has 8 nitrogen and oxygen atoms in total. The quantitative estimate of drug-likeness (QED) is 0.240. The fourth-order valence-corrected chi connectivity index (χ4v) is 2.61. The number of hydrogen-bond acceptors (Lipinski definition) is 7. The summed E-state index contributed by atoms with van der Waals surface area (Å²) in [5.74, 6) is 0.952. The van der Waals surface area contributed by atoms with E-state index in [9.17, 15) is 9.59 Å². The van der Waals surface area contributed by atoms with Gasteiger partial charge in [0.05, 0.1) is 26.0 Å². The zero-order valence-corrected chi connectivity index (χ0v) is 17.6. The standard InChI is InChI=1S/C24H22N2O6/c1-29-19-9-11-20(12-10-19)31-16-23(27)26-25-15-17-8-13-21(22(14-17)30-2)32-24(28)18-6-4-3-5-7-18/h3-15H,16H2,1-2H3,(H,26,27). The van der Waals surface area contributed by atoms with Gasteiger partial charge < -0.3 is 18.9 Å². The summed E-state index contributed by atoms with van der Waals surface area (Å²) in [6.07, 6.45) is 1.44. The molecule has 0 aromatic heterocycles. The van der Waals surface area contributed by atoms with Gasteiger partial charge in [0.1, 0.15) is 11.5 Å². The smallest absolute Gasteiger partial charge is 0.343 e. The van der Waals surface area contributed by atoms with Crippen molar-refractivity contribution in [3.63, 3.8) is 0 Å². The summed E-state index contributed by atoms with van der Waals surface area (Å²) in [4.78, 5) is 24.1. The minimum Gasteiger partial charge on any atom is -0.497 e. The van der Waals surface area contributed by atoms with E-state index in [1.165, 1.54) is 13.3 Å². The topological polar surface area (TPSA) is 95.5 Å². The van der Waals surface area contributed by atoms with Crippen LogP contribution in [0, 0.1) is 0 Å². The van der Waals surface area contributed by atoms with E-state index in [0.717, 1.165) is 0 Å². The molecule has 0 bridgehead atoms. The molecular formula is C24H22N2O6. The zero-order chi connectivity index (χ0) is 22.8. The molecule has 0 aliphatic carbocycles. The Bertz CT molecular complexity index is 1080. The number of ether oxygens (including phenoxy) is 4. The lowest BCUT2D eigenvalue weighted by Crippen LogP contribution is -2.24. The normalized spacial score (nSPS) is 10.4. The van der Waals surface area contributed by atoms with Crippen LogP contribution < -0.4 is 24.4 Å². The van der Waals surface area contributed by atoms with Crippen LogP contribution in [-0.4, -0.2) is 38.9 Å². The zero-order valence-electron chi connectivity index (χ0n) is 17.6. The van der Waals surface area contributed by atoms with Crippen LogP contribution in [-0.2, 0) is 4.79 Å². The molecule has 1 N–H and O–H groups in total. The number of nitrogens with zero attached hydrogens (tertiary/aromatic N) is 1. The minimum atomic E-state index is -0.491. The van der Waals surface area contributed by atoms with Gasteiger partial charge >= 0.3 is 5.97 Å². The fraction of sp³-hybridized carbons (Fsp3) is 0.125. The van der Waals surface area contributed by atoms with Crippen molar-refractivity contribution in [2.24, 2.45) is 5.10 Å². The molecule has 3 aromatic rings. The van der Waals surface area contributed by atoms with Crippen molar-refractivity contribution in [1.82, 2.24) is 5.43 Å². The van der Waals surface area contributed by atoms with E-state index in [-0.39, 0.29) is 12.4 Å². The maximum atomic E-state index is 12.2. The van der Waals surface area contributed by atoms with Crippen LogP contribution in [0.4, 0.5) is 0 Å². The van der Waals surface area contributed by atoms with Crippen LogP contribution in [0.5, 0.6) is 23.0 Å². The summed E-state index contributed by atoms with van der Waals surface area (Å²) in [6, 6.07) is 20.4. The Morgan fingerprint density at radius 2 is 1.59 bits per heavy atom. The highest BCUT2D eigenvalue weighted by molar-refractivity contribution is 5.91. The fourth-order valence-electron chi connectivity index (χ4n) is 2.61. The molecule has 0 unspecified atom stereocenters. The Morgan fingerprint density at radius 3 is 2.28 bits per heavy atom. The number of nitrogens with one attached hydrogen (secondary N) is 1. The third-order valence-corrected chi connectivity index (χ3v) is 4.23. The van der Waals surface area contributed by atoms with Gasteiger partial charge in [-0.05, 0) is 60.2 Å². The van der Waals surface area contributed by atoms with E-state index in [2.05, 4.69) is 10.5 Å². The third kappa shape index (κ3) is 6.33. The molecule has 0 radical (unpaired) electrons. The van der Waals surface area contributed by atoms with E-state index >= 15 is 0 Å². The molecule has 0 fully saturated rings. The number of hydrogen-bond donors (Lipinski definition) is 1. The molecule has 0 saturated carbocycles. The Balaban J connectivity index is 1.53. The van der Waals surface area contributed by atoms with Crippen LogP contribution >= 0.6 is 0 Å². The molecular weight excluding hydrogens is 412 g/mol. The van der Waals surface area contributed by atoms with Crippen LogP contribution in [0.2, 0.25) is 0 Å². The van der Waals surface area contributed by atoms with Crippen molar-refractivity contribution < 1.29 is 28.5 Å². The first-order chi connectivity index (χ1) is 15.6. The molecule has 0 aliphatic heterocycles. The molecule has 3 rings (SSSR count). The van der Waals surface area contributed by atoms with Crippen molar-refractivity contribution in [2.45, 2.75) is 0 Å². The van der Waals surface area contributed by atoms with Crippen molar-refractivity contribution in [1.29, 1.82) is 0 Å². The summed E-state index contributed by atoms with van der Waals surface area (Å²) in [5.41, 5.74) is 3.45. The van der Waals surface area contributed by atoms with Crippen LogP contribution in [0.1, 0.15) is 15.9 Å². The first kappa shape index (κ1) is 22.4. The molecule has 0 spiro atoms. The van der Waals surface area contributed by atoms with E-state index < -0.39 is 11.9 Å². The highest BCUT2D eigenvalue weighted by atomic mass is 16.6. The molecule has 0 saturated heterocycles. The van der Waals surface area contributed by atoms with E-state index in [1.54, 1.807) is 73.8 Å². The predicted molar refractivity (Wildman–Crippen MR) is 119 cm³/mol. The van der Waals surface area contributed by atoms with Gasteiger partial charge in [-0.3, -0.25) is 4.79 Å². The SMILES string of the molecule is COc1ccc(OCC(=O)NN=Cc2ccc(OC(=O)c3ccccc3)c(OC)c2)cc1. The summed E-state index contributed by atoms with van der Waals surface area (Å²) < 4.78 is 21.2. The molecule has 3 aromatic carbocycles. The number of methoxy groups -OCH3 is 2. The first-order valence-corrected chi connectivity index (χ1v) is 9.63. The highest BCUT2D eigenvalue weighted by Gasteiger charge is 2.12. The van der Waals surface area contributed by atoms with Crippen molar-refractivity contribution in [2.75, 3.05) is 20.8 Å². The second-order valence-electron chi connectivity index (χ2n) is 6.42. The van der Waals surface area contributed by atoms with Gasteiger partial charge in [0.2, 0.25) is 0 Å². The molecule has 0 aliphatic rings. The van der Waals surface area contributed by atoms with Crippen molar-refractivity contribution in [3.05, 3.63) is 83.9 Å². The molecule has 0 heterocycles. The summed E-state index contributed by atoms with van der Waals surface area (Å²) >= 11 is 0. The maximum Gasteiger partial charge on any atom is 0.343 e. The summed E-state index contributed by atoms with van der Waals surface area (Å²) in [6.45, 7) is -0.193. The van der Waals surface area contributed by atoms with Crippen molar-refractivity contribution >= 4 is 18.1 Å². The second-order valence-corrected chi connectivity index (χ2v) is 6.42. The second kappa shape index (κ2) is 11.2. The number of hydrazone groups is 1. The van der Waals surface area contributed by atoms with E-state index in [1.807, 2.05) is 6.07 Å². The van der Waals surface area contributed by atoms with Gasteiger partial charge in [-0.15, -0.1) is 0 Å². The van der Waals surface area contributed by atoms with Gasteiger partial charge in [-0.1, -0.05) is 18.2 Å². The molecule has 8 heteroatoms. The van der Waals surface area contributed by atoms with Crippen LogP contribution in [0.25, 0.3) is 0 Å². The van der Waals surface area contributed by atoms with Gasteiger partial charge in [0, 0.05) is 0 Å². The number of esters is 1. The molecule has 32 heavy (non-hydrogen) atoms.